The van der Waals surface area contributed by atoms with Crippen molar-refractivity contribution < 1.29 is 26.7 Å². The molecule has 0 saturated heterocycles. The molecule has 7 nitrogen and oxygen atoms in total. The number of ether oxygens (including phenoxy) is 1. The zero-order chi connectivity index (χ0) is 27.0. The standard InChI is InChI=1S/C26H21F5N6O/c1-15-11-21(26(29,30)31)35-37(15)17-9-7-16(8-10-17)13-32-22-12-19-24(33-14-36(19)2)23(34-22)18-5-3-4-6-20(18)38-25(27)28/h3-12,14,25H,13H2,1-2H3,(H,32,34). The van der Waals surface area contributed by atoms with Crippen molar-refractivity contribution in [2.24, 2.45) is 7.05 Å². The number of hydrogen-bond donors (Lipinski definition) is 1. The Morgan fingerprint density at radius 3 is 2.45 bits per heavy atom. The fourth-order valence-corrected chi connectivity index (χ4v) is 4.09. The smallest absolute Gasteiger partial charge is 0.434 e. The van der Waals surface area contributed by atoms with Crippen molar-refractivity contribution in [3.05, 3.63) is 83.9 Å². The molecule has 3 aromatic heterocycles. The third-order valence-electron chi connectivity index (χ3n) is 5.90. The van der Waals surface area contributed by atoms with E-state index in [-0.39, 0.29) is 5.75 Å². The van der Waals surface area contributed by atoms with E-state index in [0.29, 0.717) is 40.5 Å². The second kappa shape index (κ2) is 9.77. The second-order valence-corrected chi connectivity index (χ2v) is 8.55. The average molecular weight is 528 g/mol. The molecule has 0 fully saturated rings. The summed E-state index contributed by atoms with van der Waals surface area (Å²) in [6.07, 6.45) is -2.91. The van der Waals surface area contributed by atoms with E-state index in [1.54, 1.807) is 66.3 Å². The van der Waals surface area contributed by atoms with Gasteiger partial charge in [0.1, 0.15) is 22.8 Å². The van der Waals surface area contributed by atoms with Crippen molar-refractivity contribution in [2.75, 3.05) is 5.32 Å². The number of para-hydroxylation sites is 1. The SMILES string of the molecule is Cc1cc(C(F)(F)F)nn1-c1ccc(CNc2cc3c(ncn3C)c(-c3ccccc3OC(F)F)n2)cc1. The zero-order valence-corrected chi connectivity index (χ0v) is 20.2. The lowest BCUT2D eigenvalue weighted by Crippen LogP contribution is -2.07. The van der Waals surface area contributed by atoms with Crippen molar-refractivity contribution >= 4 is 16.9 Å². The molecule has 0 unspecified atom stereocenters. The Balaban J connectivity index is 1.41. The van der Waals surface area contributed by atoms with E-state index < -0.39 is 18.5 Å². The van der Waals surface area contributed by atoms with E-state index in [2.05, 4.69) is 20.4 Å². The number of anilines is 1. The number of nitrogens with one attached hydrogen (secondary N) is 1. The van der Waals surface area contributed by atoms with E-state index in [4.69, 9.17) is 4.74 Å². The van der Waals surface area contributed by atoms with Crippen molar-refractivity contribution in [2.45, 2.75) is 26.3 Å². The van der Waals surface area contributed by atoms with Gasteiger partial charge in [-0.05, 0) is 42.8 Å². The quantitative estimate of drug-likeness (QED) is 0.249. The Morgan fingerprint density at radius 1 is 1.03 bits per heavy atom. The van der Waals surface area contributed by atoms with Gasteiger partial charge in [0, 0.05) is 30.9 Å². The van der Waals surface area contributed by atoms with Crippen LogP contribution >= 0.6 is 0 Å². The van der Waals surface area contributed by atoms with E-state index >= 15 is 0 Å². The fourth-order valence-electron chi connectivity index (χ4n) is 4.09. The van der Waals surface area contributed by atoms with Crippen LogP contribution in [0.2, 0.25) is 0 Å². The molecule has 0 spiro atoms. The van der Waals surface area contributed by atoms with Crippen LogP contribution in [-0.2, 0) is 19.8 Å². The lowest BCUT2D eigenvalue weighted by atomic mass is 10.1. The van der Waals surface area contributed by atoms with Gasteiger partial charge in [0.05, 0.1) is 17.5 Å². The molecular formula is C26H21F5N6O. The molecule has 0 aliphatic heterocycles. The molecule has 0 radical (unpaired) electrons. The molecule has 0 amide bonds. The van der Waals surface area contributed by atoms with Gasteiger partial charge in [0.15, 0.2) is 5.69 Å². The first-order chi connectivity index (χ1) is 18.1. The van der Waals surface area contributed by atoms with E-state index in [1.165, 1.54) is 10.7 Å². The molecule has 0 aliphatic rings. The number of aryl methyl sites for hydroxylation is 2. The molecular weight excluding hydrogens is 507 g/mol. The van der Waals surface area contributed by atoms with Crippen molar-refractivity contribution in [3.63, 3.8) is 0 Å². The lowest BCUT2D eigenvalue weighted by Gasteiger charge is -2.13. The summed E-state index contributed by atoms with van der Waals surface area (Å²) in [5.41, 5.74) is 2.76. The van der Waals surface area contributed by atoms with Crippen LogP contribution < -0.4 is 10.1 Å². The monoisotopic (exact) mass is 528 g/mol. The third-order valence-corrected chi connectivity index (χ3v) is 5.90. The predicted octanol–water partition coefficient (Wildman–Crippen LogP) is 6.36. The second-order valence-electron chi connectivity index (χ2n) is 8.55. The minimum atomic E-state index is -4.52. The number of fused-ring (bicyclic) bond motifs is 1. The molecule has 5 aromatic rings. The maximum Gasteiger partial charge on any atom is 0.435 e. The van der Waals surface area contributed by atoms with Crippen LogP contribution in [0.5, 0.6) is 5.75 Å². The summed E-state index contributed by atoms with van der Waals surface area (Å²) in [4.78, 5) is 9.03. The van der Waals surface area contributed by atoms with Gasteiger partial charge in [-0.15, -0.1) is 0 Å². The summed E-state index contributed by atoms with van der Waals surface area (Å²) in [6.45, 7) is -1.10. The Kier molecular flexibility index (Phi) is 6.47. The number of alkyl halides is 5. The average Bonchev–Trinajstić information content (AvgIpc) is 3.45. The molecule has 0 saturated carbocycles. The molecule has 12 heteroatoms. The zero-order valence-electron chi connectivity index (χ0n) is 20.2. The highest BCUT2D eigenvalue weighted by Crippen LogP contribution is 2.35. The highest BCUT2D eigenvalue weighted by atomic mass is 19.4. The molecule has 5 rings (SSSR count). The molecule has 3 heterocycles. The number of hydrogen-bond acceptors (Lipinski definition) is 5. The normalized spacial score (nSPS) is 11.9. The van der Waals surface area contributed by atoms with Crippen LogP contribution in [0.15, 0.2) is 67.0 Å². The Hall–Kier alpha value is -4.48. The lowest BCUT2D eigenvalue weighted by molar-refractivity contribution is -0.141. The van der Waals surface area contributed by atoms with Crippen LogP contribution in [0.1, 0.15) is 17.0 Å². The van der Waals surface area contributed by atoms with Gasteiger partial charge < -0.3 is 14.6 Å². The van der Waals surface area contributed by atoms with Gasteiger partial charge in [-0.25, -0.2) is 14.6 Å². The van der Waals surface area contributed by atoms with Gasteiger partial charge in [0.25, 0.3) is 0 Å². The number of imidazole rings is 1. The largest absolute Gasteiger partial charge is 0.435 e. The number of nitrogens with zero attached hydrogens (tertiary/aromatic N) is 5. The first-order valence-corrected chi connectivity index (χ1v) is 11.4. The number of aromatic nitrogens is 5. The third kappa shape index (κ3) is 5.01. The van der Waals surface area contributed by atoms with Gasteiger partial charge in [0.2, 0.25) is 0 Å². The Bertz CT molecular complexity index is 1590. The van der Waals surface area contributed by atoms with E-state index in [1.807, 2.05) is 7.05 Å². The number of benzene rings is 2. The van der Waals surface area contributed by atoms with Crippen LogP contribution in [0.4, 0.5) is 27.8 Å². The summed E-state index contributed by atoms with van der Waals surface area (Å²) >= 11 is 0. The van der Waals surface area contributed by atoms with Gasteiger partial charge in [-0.1, -0.05) is 24.3 Å². The number of rotatable bonds is 7. The summed E-state index contributed by atoms with van der Waals surface area (Å²) in [5.74, 6) is 0.460. The summed E-state index contributed by atoms with van der Waals surface area (Å²) in [7, 11) is 1.81. The van der Waals surface area contributed by atoms with Gasteiger partial charge in [-0.3, -0.25) is 0 Å². The minimum absolute atomic E-state index is 0.0164. The first kappa shape index (κ1) is 25.2. The molecule has 196 valence electrons. The van der Waals surface area contributed by atoms with E-state index in [0.717, 1.165) is 17.1 Å². The molecule has 0 aliphatic carbocycles. The molecule has 0 atom stereocenters. The van der Waals surface area contributed by atoms with Crippen molar-refractivity contribution in [3.8, 4) is 22.7 Å². The molecule has 38 heavy (non-hydrogen) atoms. The van der Waals surface area contributed by atoms with Crippen LogP contribution in [-0.4, -0.2) is 30.9 Å². The van der Waals surface area contributed by atoms with Crippen LogP contribution in [0.3, 0.4) is 0 Å². The fraction of sp³-hybridized carbons (Fsp3) is 0.192. The summed E-state index contributed by atoms with van der Waals surface area (Å²) in [6, 6.07) is 16.1. The van der Waals surface area contributed by atoms with Gasteiger partial charge in [-0.2, -0.15) is 27.1 Å². The van der Waals surface area contributed by atoms with Crippen molar-refractivity contribution in [1.82, 2.24) is 24.3 Å². The predicted molar refractivity (Wildman–Crippen MR) is 131 cm³/mol. The molecule has 1 N–H and O–H groups in total. The molecule has 0 bridgehead atoms. The Labute approximate surface area is 213 Å². The summed E-state index contributed by atoms with van der Waals surface area (Å²) in [5, 5.41) is 6.89. The van der Waals surface area contributed by atoms with Crippen LogP contribution in [0.25, 0.3) is 28.0 Å². The van der Waals surface area contributed by atoms with E-state index in [9.17, 15) is 22.0 Å². The first-order valence-electron chi connectivity index (χ1n) is 11.4. The highest BCUT2D eigenvalue weighted by molar-refractivity contribution is 5.93. The van der Waals surface area contributed by atoms with Crippen molar-refractivity contribution in [1.29, 1.82) is 0 Å². The maximum absolute atomic E-state index is 13.0. The highest BCUT2D eigenvalue weighted by Gasteiger charge is 2.34. The minimum Gasteiger partial charge on any atom is -0.434 e. The Morgan fingerprint density at radius 2 is 1.76 bits per heavy atom. The topological polar surface area (TPSA) is 69.8 Å². The molecule has 2 aromatic carbocycles. The number of halogens is 5. The number of pyridine rings is 1. The maximum atomic E-state index is 13.0. The summed E-state index contributed by atoms with van der Waals surface area (Å²) < 4.78 is 72.8. The van der Waals surface area contributed by atoms with Crippen LogP contribution in [0, 0.1) is 6.92 Å². The van der Waals surface area contributed by atoms with Gasteiger partial charge >= 0.3 is 12.8 Å².